The number of rotatable bonds is 1. The highest BCUT2D eigenvalue weighted by Gasteiger charge is 2.26. The molecular weight excluding hydrogens is 230 g/mol. The summed E-state index contributed by atoms with van der Waals surface area (Å²) in [6.07, 6.45) is 2.19. The minimum Gasteiger partial charge on any atom is -0.479 e. The van der Waals surface area contributed by atoms with Gasteiger partial charge in [0.05, 0.1) is 7.11 Å². The minimum atomic E-state index is -0.00667. The first-order valence-electron chi connectivity index (χ1n) is 5.83. The van der Waals surface area contributed by atoms with E-state index < -0.39 is 0 Å². The molecule has 1 amide bonds. The lowest BCUT2D eigenvalue weighted by Crippen LogP contribution is -2.23. The van der Waals surface area contributed by atoms with Gasteiger partial charge in [0.15, 0.2) is 0 Å². The summed E-state index contributed by atoms with van der Waals surface area (Å²) in [5.41, 5.74) is 1.78. The largest absolute Gasteiger partial charge is 0.479 e. The van der Waals surface area contributed by atoms with E-state index in [4.69, 9.17) is 4.74 Å². The maximum absolute atomic E-state index is 11.6. The number of methoxy groups -OCH3 is 1. The third-order valence-corrected chi connectivity index (χ3v) is 3.20. The summed E-state index contributed by atoms with van der Waals surface area (Å²) in [7, 11) is 1.55. The van der Waals surface area contributed by atoms with Gasteiger partial charge in [0.25, 0.3) is 0 Å². The number of nitrogens with one attached hydrogen (secondary N) is 1. The molecular formula is C13H13N3O2. The molecule has 5 heteroatoms. The zero-order valence-electron chi connectivity index (χ0n) is 10.2. The van der Waals surface area contributed by atoms with Crippen LogP contribution in [0, 0.1) is 0 Å². The Morgan fingerprint density at radius 1 is 1.50 bits per heavy atom. The van der Waals surface area contributed by atoms with Crippen LogP contribution in [0.5, 0.6) is 5.88 Å². The average Bonchev–Trinajstić information content (AvgIpc) is 2.36. The van der Waals surface area contributed by atoms with Crippen molar-refractivity contribution in [1.82, 2.24) is 9.97 Å². The molecule has 3 heterocycles. The number of amides is 1. The number of fused-ring (bicyclic) bond motifs is 3. The molecule has 0 saturated heterocycles. The van der Waals surface area contributed by atoms with Crippen molar-refractivity contribution in [3.05, 3.63) is 23.9 Å². The molecule has 92 valence electrons. The van der Waals surface area contributed by atoms with Gasteiger partial charge in [0.1, 0.15) is 11.3 Å². The highest BCUT2D eigenvalue weighted by molar-refractivity contribution is 5.99. The fraction of sp³-hybridized carbons (Fsp3) is 0.308. The Morgan fingerprint density at radius 3 is 3.11 bits per heavy atom. The molecule has 5 nitrogen and oxygen atoms in total. The van der Waals surface area contributed by atoms with Crippen LogP contribution in [0.3, 0.4) is 0 Å². The van der Waals surface area contributed by atoms with E-state index >= 15 is 0 Å². The van der Waals surface area contributed by atoms with Crippen LogP contribution >= 0.6 is 0 Å². The number of ether oxygens (including phenoxy) is 1. The van der Waals surface area contributed by atoms with Crippen molar-refractivity contribution >= 4 is 22.6 Å². The summed E-state index contributed by atoms with van der Waals surface area (Å²) < 4.78 is 5.24. The summed E-state index contributed by atoms with van der Waals surface area (Å²) >= 11 is 0. The topological polar surface area (TPSA) is 64.1 Å². The number of aromatic nitrogens is 2. The van der Waals surface area contributed by atoms with Gasteiger partial charge < -0.3 is 10.1 Å². The molecule has 0 aliphatic carbocycles. The minimum absolute atomic E-state index is 0.00667. The highest BCUT2D eigenvalue weighted by Crippen LogP contribution is 2.38. The Labute approximate surface area is 104 Å². The molecule has 0 radical (unpaired) electrons. The molecule has 1 unspecified atom stereocenters. The van der Waals surface area contributed by atoms with Gasteiger partial charge in [0, 0.05) is 23.6 Å². The molecule has 1 aliphatic heterocycles. The second-order valence-electron chi connectivity index (χ2n) is 4.44. The first kappa shape index (κ1) is 11.0. The van der Waals surface area contributed by atoms with Crippen LogP contribution in [0.4, 0.5) is 5.82 Å². The summed E-state index contributed by atoms with van der Waals surface area (Å²) in [5.74, 6) is 1.17. The zero-order valence-corrected chi connectivity index (χ0v) is 10.2. The van der Waals surface area contributed by atoms with Crippen molar-refractivity contribution in [2.45, 2.75) is 19.3 Å². The molecule has 3 rings (SSSR count). The number of hydrogen-bond donors (Lipinski definition) is 1. The first-order valence-corrected chi connectivity index (χ1v) is 5.83. The van der Waals surface area contributed by atoms with E-state index in [0.717, 1.165) is 16.5 Å². The van der Waals surface area contributed by atoms with Crippen LogP contribution in [-0.4, -0.2) is 23.0 Å². The van der Waals surface area contributed by atoms with E-state index in [1.165, 1.54) is 0 Å². The van der Waals surface area contributed by atoms with Gasteiger partial charge in [-0.25, -0.2) is 0 Å². The van der Waals surface area contributed by atoms with E-state index in [9.17, 15) is 4.79 Å². The number of hydrogen-bond acceptors (Lipinski definition) is 4. The van der Waals surface area contributed by atoms with Gasteiger partial charge in [-0.3, -0.25) is 9.78 Å². The molecule has 2 aromatic rings. The number of carbonyl (C=O) groups is 1. The molecule has 0 saturated carbocycles. The zero-order chi connectivity index (χ0) is 12.7. The first-order chi connectivity index (χ1) is 8.70. The predicted octanol–water partition coefficient (Wildman–Crippen LogP) is 2.08. The van der Waals surface area contributed by atoms with Crippen molar-refractivity contribution in [2.24, 2.45) is 0 Å². The van der Waals surface area contributed by atoms with Crippen LogP contribution in [0.25, 0.3) is 10.9 Å². The highest BCUT2D eigenvalue weighted by atomic mass is 16.5. The van der Waals surface area contributed by atoms with Gasteiger partial charge in [-0.05, 0) is 12.0 Å². The molecule has 1 atom stereocenters. The maximum atomic E-state index is 11.6. The van der Waals surface area contributed by atoms with Gasteiger partial charge in [-0.15, -0.1) is 0 Å². The van der Waals surface area contributed by atoms with Gasteiger partial charge in [0.2, 0.25) is 11.8 Å². The fourth-order valence-electron chi connectivity index (χ4n) is 2.44. The Hall–Kier alpha value is -2.17. The van der Waals surface area contributed by atoms with E-state index in [2.05, 4.69) is 15.3 Å². The monoisotopic (exact) mass is 243 g/mol. The molecule has 0 bridgehead atoms. The van der Waals surface area contributed by atoms with Crippen LogP contribution in [0.1, 0.15) is 24.8 Å². The number of anilines is 1. The van der Waals surface area contributed by atoms with Crippen molar-refractivity contribution in [3.8, 4) is 5.88 Å². The summed E-state index contributed by atoms with van der Waals surface area (Å²) in [6.45, 7) is 2.03. The molecule has 1 N–H and O–H groups in total. The maximum Gasteiger partial charge on any atom is 0.242 e. The summed E-state index contributed by atoms with van der Waals surface area (Å²) in [5, 5.41) is 3.79. The normalized spacial score (nSPS) is 18.3. The fourth-order valence-corrected chi connectivity index (χ4v) is 2.44. The van der Waals surface area contributed by atoms with Crippen LogP contribution in [0.15, 0.2) is 18.3 Å². The standard InChI is InChI=1S/C13H13N3O2/c1-7-6-9(17)15-12-10(7)8-4-3-5-14-11(8)13(16-12)18-2/h3-5,7H,6H2,1-2H3,(H,15,16,17). The second kappa shape index (κ2) is 3.94. The lowest BCUT2D eigenvalue weighted by molar-refractivity contribution is -0.116. The quantitative estimate of drug-likeness (QED) is 0.832. The molecule has 0 aromatic carbocycles. The van der Waals surface area contributed by atoms with Crippen molar-refractivity contribution < 1.29 is 9.53 Å². The lowest BCUT2D eigenvalue weighted by atomic mass is 9.91. The van der Waals surface area contributed by atoms with Crippen LogP contribution < -0.4 is 10.1 Å². The average molecular weight is 243 g/mol. The predicted molar refractivity (Wildman–Crippen MR) is 67.8 cm³/mol. The molecule has 0 fully saturated rings. The molecule has 2 aromatic heterocycles. The Balaban J connectivity index is 2.37. The van der Waals surface area contributed by atoms with Gasteiger partial charge >= 0.3 is 0 Å². The third-order valence-electron chi connectivity index (χ3n) is 3.20. The Bertz CT molecular complexity index is 639. The molecule has 1 aliphatic rings. The van der Waals surface area contributed by atoms with Crippen molar-refractivity contribution in [3.63, 3.8) is 0 Å². The SMILES string of the molecule is COc1nc2c(c3cccnc13)C(C)CC(=O)N2. The lowest BCUT2D eigenvalue weighted by Gasteiger charge is -2.23. The molecule has 18 heavy (non-hydrogen) atoms. The third kappa shape index (κ3) is 1.51. The van der Waals surface area contributed by atoms with Gasteiger partial charge in [-0.2, -0.15) is 4.98 Å². The van der Waals surface area contributed by atoms with E-state index in [1.54, 1.807) is 13.3 Å². The second-order valence-corrected chi connectivity index (χ2v) is 4.44. The summed E-state index contributed by atoms with van der Waals surface area (Å²) in [4.78, 5) is 20.2. The van der Waals surface area contributed by atoms with Gasteiger partial charge in [-0.1, -0.05) is 13.0 Å². The van der Waals surface area contributed by atoms with Crippen LogP contribution in [0.2, 0.25) is 0 Å². The van der Waals surface area contributed by atoms with E-state index in [1.807, 2.05) is 19.1 Å². The Morgan fingerprint density at radius 2 is 2.33 bits per heavy atom. The van der Waals surface area contributed by atoms with Crippen molar-refractivity contribution in [2.75, 3.05) is 12.4 Å². The number of pyridine rings is 2. The van der Waals surface area contributed by atoms with E-state index in [-0.39, 0.29) is 11.8 Å². The summed E-state index contributed by atoms with van der Waals surface area (Å²) in [6, 6.07) is 3.87. The smallest absolute Gasteiger partial charge is 0.242 e. The van der Waals surface area contributed by atoms with E-state index in [0.29, 0.717) is 18.1 Å². The number of nitrogens with zero attached hydrogens (tertiary/aromatic N) is 2. The molecule has 0 spiro atoms. The van der Waals surface area contributed by atoms with Crippen molar-refractivity contribution in [1.29, 1.82) is 0 Å². The Kier molecular flexibility index (Phi) is 2.40. The number of carbonyl (C=O) groups excluding carboxylic acids is 1. The van der Waals surface area contributed by atoms with Crippen LogP contribution in [-0.2, 0) is 4.79 Å².